The number of hydrogen-bond donors (Lipinski definition) is 3. The Bertz CT molecular complexity index is 352. The number of carboxylic acids is 2. The van der Waals surface area contributed by atoms with Crippen LogP contribution in [0.3, 0.4) is 0 Å². The maximum absolute atomic E-state index is 11.1. The molecule has 0 bridgehead atoms. The molecule has 1 amide bonds. The number of carbonyl (C=O) groups excluding carboxylic acids is 1. The van der Waals surface area contributed by atoms with Crippen LogP contribution in [0.15, 0.2) is 12.2 Å². The van der Waals surface area contributed by atoms with Crippen molar-refractivity contribution < 1.29 is 24.6 Å². The van der Waals surface area contributed by atoms with Crippen LogP contribution in [-0.4, -0.2) is 34.6 Å². The highest BCUT2D eigenvalue weighted by molar-refractivity contribution is 5.93. The summed E-state index contributed by atoms with van der Waals surface area (Å²) in [6.07, 6.45) is 10.1. The largest absolute Gasteiger partial charge is 0.481 e. The third-order valence-corrected chi connectivity index (χ3v) is 2.99. The summed E-state index contributed by atoms with van der Waals surface area (Å²) >= 11 is 0. The third-order valence-electron chi connectivity index (χ3n) is 2.99. The lowest BCUT2D eigenvalue weighted by molar-refractivity contribution is -0.137. The van der Waals surface area contributed by atoms with E-state index < -0.39 is 11.9 Å². The standard InChI is InChI=1S/C15H25NO5/c17-13(10-11-15(20)21)16-12-8-6-4-2-1-3-5-7-9-14(18)19/h10-11H,1-9,12H2,(H,16,17)(H,18,19)(H,20,21)/b11-10+. The van der Waals surface area contributed by atoms with Gasteiger partial charge in [-0.2, -0.15) is 0 Å². The average molecular weight is 299 g/mol. The van der Waals surface area contributed by atoms with Crippen molar-refractivity contribution in [2.75, 3.05) is 6.54 Å². The zero-order valence-electron chi connectivity index (χ0n) is 12.3. The van der Waals surface area contributed by atoms with Gasteiger partial charge in [-0.15, -0.1) is 0 Å². The van der Waals surface area contributed by atoms with E-state index in [1.807, 2.05) is 0 Å². The molecule has 0 spiro atoms. The molecule has 0 aromatic rings. The molecule has 0 saturated heterocycles. The van der Waals surface area contributed by atoms with Crippen LogP contribution >= 0.6 is 0 Å². The van der Waals surface area contributed by atoms with Gasteiger partial charge < -0.3 is 15.5 Å². The normalized spacial score (nSPS) is 10.7. The molecule has 0 radical (unpaired) electrons. The zero-order valence-corrected chi connectivity index (χ0v) is 12.3. The first kappa shape index (κ1) is 19.1. The van der Waals surface area contributed by atoms with E-state index in [1.54, 1.807) is 0 Å². The Morgan fingerprint density at radius 2 is 1.29 bits per heavy atom. The Kier molecular flexibility index (Phi) is 12.0. The zero-order chi connectivity index (χ0) is 15.9. The predicted molar refractivity (Wildman–Crippen MR) is 79.0 cm³/mol. The van der Waals surface area contributed by atoms with Gasteiger partial charge in [-0.1, -0.05) is 38.5 Å². The quantitative estimate of drug-likeness (QED) is 0.358. The molecule has 0 aliphatic heterocycles. The molecule has 0 fully saturated rings. The lowest BCUT2D eigenvalue weighted by Gasteiger charge is -2.03. The summed E-state index contributed by atoms with van der Waals surface area (Å²) < 4.78 is 0. The lowest BCUT2D eigenvalue weighted by Crippen LogP contribution is -2.22. The summed E-state index contributed by atoms with van der Waals surface area (Å²) in [5.74, 6) is -2.24. The minimum atomic E-state index is -1.13. The van der Waals surface area contributed by atoms with Crippen molar-refractivity contribution in [2.45, 2.75) is 57.8 Å². The van der Waals surface area contributed by atoms with Crippen molar-refractivity contribution in [1.82, 2.24) is 5.32 Å². The molecule has 6 nitrogen and oxygen atoms in total. The smallest absolute Gasteiger partial charge is 0.328 e. The van der Waals surface area contributed by atoms with Gasteiger partial charge in [-0.05, 0) is 12.8 Å². The molecular formula is C15H25NO5. The molecule has 0 heterocycles. The van der Waals surface area contributed by atoms with Gasteiger partial charge in [0.1, 0.15) is 0 Å². The first-order valence-corrected chi connectivity index (χ1v) is 7.43. The van der Waals surface area contributed by atoms with Crippen LogP contribution in [-0.2, 0) is 14.4 Å². The lowest BCUT2D eigenvalue weighted by atomic mass is 10.1. The molecule has 0 aromatic carbocycles. The van der Waals surface area contributed by atoms with Gasteiger partial charge in [-0.3, -0.25) is 9.59 Å². The number of unbranched alkanes of at least 4 members (excludes halogenated alkanes) is 7. The van der Waals surface area contributed by atoms with Crippen molar-refractivity contribution in [3.8, 4) is 0 Å². The second kappa shape index (κ2) is 13.1. The fourth-order valence-corrected chi connectivity index (χ4v) is 1.88. The van der Waals surface area contributed by atoms with Gasteiger partial charge in [0.05, 0.1) is 0 Å². The van der Waals surface area contributed by atoms with E-state index >= 15 is 0 Å². The van der Waals surface area contributed by atoms with Gasteiger partial charge in [0.25, 0.3) is 0 Å². The van der Waals surface area contributed by atoms with Crippen molar-refractivity contribution in [1.29, 1.82) is 0 Å². The molecule has 0 atom stereocenters. The molecule has 21 heavy (non-hydrogen) atoms. The van der Waals surface area contributed by atoms with Crippen LogP contribution in [0.25, 0.3) is 0 Å². The fourth-order valence-electron chi connectivity index (χ4n) is 1.88. The highest BCUT2D eigenvalue weighted by Crippen LogP contribution is 2.09. The summed E-state index contributed by atoms with van der Waals surface area (Å²) in [6.45, 7) is 0.557. The number of rotatable bonds is 13. The van der Waals surface area contributed by atoms with Crippen molar-refractivity contribution >= 4 is 17.8 Å². The number of hydrogen-bond acceptors (Lipinski definition) is 3. The van der Waals surface area contributed by atoms with Gasteiger partial charge in [0.15, 0.2) is 0 Å². The van der Waals surface area contributed by atoms with Crippen molar-refractivity contribution in [3.63, 3.8) is 0 Å². The second-order valence-electron chi connectivity index (χ2n) is 4.93. The molecule has 0 rings (SSSR count). The maximum atomic E-state index is 11.1. The molecule has 0 unspecified atom stereocenters. The van der Waals surface area contributed by atoms with Crippen LogP contribution in [0.5, 0.6) is 0 Å². The Labute approximate surface area is 125 Å². The summed E-state index contributed by atoms with van der Waals surface area (Å²) in [4.78, 5) is 31.6. The number of nitrogens with one attached hydrogen (secondary N) is 1. The average Bonchev–Trinajstić information content (AvgIpc) is 2.42. The van der Waals surface area contributed by atoms with Crippen molar-refractivity contribution in [2.24, 2.45) is 0 Å². The Morgan fingerprint density at radius 1 is 0.762 bits per heavy atom. The van der Waals surface area contributed by atoms with E-state index in [9.17, 15) is 14.4 Å². The molecule has 0 saturated carbocycles. The molecule has 120 valence electrons. The van der Waals surface area contributed by atoms with Crippen LogP contribution < -0.4 is 5.32 Å². The highest BCUT2D eigenvalue weighted by atomic mass is 16.4. The molecule has 3 N–H and O–H groups in total. The topological polar surface area (TPSA) is 104 Å². The van der Waals surface area contributed by atoms with E-state index in [2.05, 4.69) is 5.32 Å². The van der Waals surface area contributed by atoms with Crippen LogP contribution in [0.4, 0.5) is 0 Å². The summed E-state index contributed by atoms with van der Waals surface area (Å²) in [7, 11) is 0. The number of carboxylic acid groups (broad SMARTS) is 2. The molecule has 0 aromatic heterocycles. The summed E-state index contributed by atoms with van der Waals surface area (Å²) in [6, 6.07) is 0. The van der Waals surface area contributed by atoms with Crippen LogP contribution in [0.2, 0.25) is 0 Å². The van der Waals surface area contributed by atoms with Crippen molar-refractivity contribution in [3.05, 3.63) is 12.2 Å². The Hall–Kier alpha value is -1.85. The summed E-state index contributed by atoms with van der Waals surface area (Å²) in [5.41, 5.74) is 0. The van der Waals surface area contributed by atoms with E-state index in [1.165, 1.54) is 0 Å². The second-order valence-corrected chi connectivity index (χ2v) is 4.93. The monoisotopic (exact) mass is 299 g/mol. The van der Waals surface area contributed by atoms with Gasteiger partial charge in [-0.25, -0.2) is 4.79 Å². The van der Waals surface area contributed by atoms with Gasteiger partial charge >= 0.3 is 11.9 Å². The molecular weight excluding hydrogens is 274 g/mol. The van der Waals surface area contributed by atoms with Gasteiger partial charge in [0, 0.05) is 25.1 Å². The van der Waals surface area contributed by atoms with Gasteiger partial charge in [0.2, 0.25) is 5.91 Å². The Balaban J connectivity index is 3.24. The number of aliphatic carboxylic acids is 2. The molecule has 0 aliphatic rings. The van der Waals surface area contributed by atoms with E-state index in [4.69, 9.17) is 10.2 Å². The number of amides is 1. The predicted octanol–water partition coefficient (Wildman–Crippen LogP) is 2.34. The first-order chi connectivity index (χ1) is 10.0. The Morgan fingerprint density at radius 3 is 1.81 bits per heavy atom. The van der Waals surface area contributed by atoms with E-state index in [-0.39, 0.29) is 12.3 Å². The molecule has 0 aliphatic carbocycles. The minimum Gasteiger partial charge on any atom is -0.481 e. The minimum absolute atomic E-state index is 0.260. The van der Waals surface area contributed by atoms with E-state index in [0.717, 1.165) is 63.5 Å². The SMILES string of the molecule is O=C(O)/C=C/C(=O)NCCCCCCCCCCC(=O)O. The highest BCUT2D eigenvalue weighted by Gasteiger charge is 1.98. The maximum Gasteiger partial charge on any atom is 0.328 e. The molecule has 6 heteroatoms. The number of carbonyl (C=O) groups is 3. The van der Waals surface area contributed by atoms with E-state index in [0.29, 0.717) is 6.54 Å². The fraction of sp³-hybridized carbons (Fsp3) is 0.667. The first-order valence-electron chi connectivity index (χ1n) is 7.43. The van der Waals surface area contributed by atoms with Crippen LogP contribution in [0.1, 0.15) is 57.8 Å². The summed E-state index contributed by atoms with van der Waals surface area (Å²) in [5, 5.41) is 19.4. The third kappa shape index (κ3) is 16.1. The van der Waals surface area contributed by atoms with Crippen LogP contribution in [0, 0.1) is 0 Å².